The van der Waals surface area contributed by atoms with Crippen molar-refractivity contribution < 1.29 is 4.74 Å². The molecule has 0 aliphatic carbocycles. The van der Waals surface area contributed by atoms with Crippen LogP contribution in [-0.2, 0) is 0 Å². The number of hydrogen-bond acceptors (Lipinski definition) is 2. The first-order valence-corrected chi connectivity index (χ1v) is 7.06. The lowest BCUT2D eigenvalue weighted by Gasteiger charge is -2.12. The topological polar surface area (TPSA) is 35.2 Å². The van der Waals surface area contributed by atoms with Gasteiger partial charge in [-0.05, 0) is 61.7 Å². The van der Waals surface area contributed by atoms with Gasteiger partial charge in [-0.2, -0.15) is 0 Å². The van der Waals surface area contributed by atoms with Crippen molar-refractivity contribution in [3.05, 3.63) is 57.6 Å². The van der Waals surface area contributed by atoms with Crippen LogP contribution in [0.15, 0.2) is 40.9 Å². The highest BCUT2D eigenvalue weighted by Gasteiger charge is 2.07. The van der Waals surface area contributed by atoms with E-state index in [9.17, 15) is 0 Å². The van der Waals surface area contributed by atoms with Crippen LogP contribution in [0.25, 0.3) is 0 Å². The van der Waals surface area contributed by atoms with Crippen molar-refractivity contribution in [1.82, 2.24) is 0 Å². The van der Waals surface area contributed by atoms with Crippen molar-refractivity contribution in [3.8, 4) is 11.5 Å². The van der Waals surface area contributed by atoms with Crippen molar-refractivity contribution in [1.29, 1.82) is 0 Å². The third kappa shape index (κ3) is 3.58. The maximum absolute atomic E-state index is 5.89. The van der Waals surface area contributed by atoms with Gasteiger partial charge < -0.3 is 10.5 Å². The summed E-state index contributed by atoms with van der Waals surface area (Å²) in [5, 5.41) is 0. The van der Waals surface area contributed by atoms with Gasteiger partial charge in [0, 0.05) is 10.5 Å². The summed E-state index contributed by atoms with van der Waals surface area (Å²) in [5.74, 6) is 1.67. The van der Waals surface area contributed by atoms with Crippen LogP contribution >= 0.6 is 15.9 Å². The minimum absolute atomic E-state index is 0.00430. The molecule has 1 atom stereocenters. The van der Waals surface area contributed by atoms with E-state index in [4.69, 9.17) is 10.5 Å². The van der Waals surface area contributed by atoms with Crippen molar-refractivity contribution in [3.63, 3.8) is 0 Å². The van der Waals surface area contributed by atoms with E-state index in [-0.39, 0.29) is 6.04 Å². The molecule has 0 heterocycles. The van der Waals surface area contributed by atoms with E-state index in [1.165, 1.54) is 11.1 Å². The molecular weight excluding hydrogens is 302 g/mol. The summed E-state index contributed by atoms with van der Waals surface area (Å²) in [4.78, 5) is 0. The number of ether oxygens (including phenoxy) is 1. The highest BCUT2D eigenvalue weighted by atomic mass is 79.9. The predicted molar refractivity (Wildman–Crippen MR) is 82.7 cm³/mol. The Balaban J connectivity index is 2.26. The molecule has 0 aromatic heterocycles. The SMILES string of the molecule is Cc1cc(C)cc(Oc2ccc(C(C)N)c(Br)c2)c1. The summed E-state index contributed by atoms with van der Waals surface area (Å²) in [6.45, 7) is 6.09. The van der Waals surface area contributed by atoms with Gasteiger partial charge >= 0.3 is 0 Å². The van der Waals surface area contributed by atoms with E-state index in [0.29, 0.717) is 0 Å². The van der Waals surface area contributed by atoms with Crippen molar-refractivity contribution in [2.75, 3.05) is 0 Å². The number of benzene rings is 2. The summed E-state index contributed by atoms with van der Waals surface area (Å²) in [7, 11) is 0. The van der Waals surface area contributed by atoms with Crippen LogP contribution < -0.4 is 10.5 Å². The fourth-order valence-electron chi connectivity index (χ4n) is 2.07. The third-order valence-electron chi connectivity index (χ3n) is 2.89. The van der Waals surface area contributed by atoms with Crippen LogP contribution in [0.1, 0.15) is 29.7 Å². The standard InChI is InChI=1S/C16H18BrNO/c1-10-6-11(2)8-14(7-10)19-13-4-5-15(12(3)18)16(17)9-13/h4-9,12H,18H2,1-3H3. The first-order chi connectivity index (χ1) is 8.95. The molecule has 19 heavy (non-hydrogen) atoms. The first-order valence-electron chi connectivity index (χ1n) is 6.27. The monoisotopic (exact) mass is 319 g/mol. The van der Waals surface area contributed by atoms with Gasteiger partial charge in [-0.1, -0.05) is 28.1 Å². The van der Waals surface area contributed by atoms with E-state index >= 15 is 0 Å². The molecule has 2 nitrogen and oxygen atoms in total. The van der Waals surface area contributed by atoms with Crippen molar-refractivity contribution in [2.45, 2.75) is 26.8 Å². The smallest absolute Gasteiger partial charge is 0.128 e. The second-order valence-electron chi connectivity index (χ2n) is 4.90. The van der Waals surface area contributed by atoms with E-state index in [1.807, 2.05) is 37.3 Å². The second kappa shape index (κ2) is 5.76. The van der Waals surface area contributed by atoms with Gasteiger partial charge in [-0.15, -0.1) is 0 Å². The molecule has 0 amide bonds. The van der Waals surface area contributed by atoms with Gasteiger partial charge in [-0.25, -0.2) is 0 Å². The Morgan fingerprint density at radius 1 is 1.00 bits per heavy atom. The molecule has 0 radical (unpaired) electrons. The summed E-state index contributed by atoms with van der Waals surface area (Å²) in [6.07, 6.45) is 0. The maximum atomic E-state index is 5.89. The lowest BCUT2D eigenvalue weighted by atomic mass is 10.1. The Kier molecular flexibility index (Phi) is 4.27. The van der Waals surface area contributed by atoms with Gasteiger partial charge in [0.1, 0.15) is 11.5 Å². The fraction of sp³-hybridized carbons (Fsp3) is 0.250. The molecule has 1 unspecified atom stereocenters. The van der Waals surface area contributed by atoms with Gasteiger partial charge in [0.25, 0.3) is 0 Å². The van der Waals surface area contributed by atoms with Crippen LogP contribution in [0.3, 0.4) is 0 Å². The predicted octanol–water partition coefficient (Wildman–Crippen LogP) is 4.88. The Labute approximate surface area is 122 Å². The Bertz CT molecular complexity index is 573. The summed E-state index contributed by atoms with van der Waals surface area (Å²) in [6, 6.07) is 12.1. The van der Waals surface area contributed by atoms with Crippen molar-refractivity contribution in [2.24, 2.45) is 5.73 Å². The van der Waals surface area contributed by atoms with Crippen LogP contribution in [0.2, 0.25) is 0 Å². The molecule has 2 aromatic carbocycles. The Morgan fingerprint density at radius 2 is 1.63 bits per heavy atom. The molecule has 2 rings (SSSR count). The highest BCUT2D eigenvalue weighted by Crippen LogP contribution is 2.30. The molecular formula is C16H18BrNO. The summed E-state index contributed by atoms with van der Waals surface area (Å²) >= 11 is 3.53. The minimum atomic E-state index is 0.00430. The highest BCUT2D eigenvalue weighted by molar-refractivity contribution is 9.10. The zero-order chi connectivity index (χ0) is 14.0. The van der Waals surface area contributed by atoms with Crippen molar-refractivity contribution >= 4 is 15.9 Å². The van der Waals surface area contributed by atoms with Crippen LogP contribution in [-0.4, -0.2) is 0 Å². The lowest BCUT2D eigenvalue weighted by Crippen LogP contribution is -2.05. The maximum Gasteiger partial charge on any atom is 0.128 e. The summed E-state index contributed by atoms with van der Waals surface area (Å²) in [5.41, 5.74) is 9.35. The largest absolute Gasteiger partial charge is 0.457 e. The van der Waals surface area contributed by atoms with Crippen LogP contribution in [0.4, 0.5) is 0 Å². The van der Waals surface area contributed by atoms with Gasteiger partial charge in [0.2, 0.25) is 0 Å². The first kappa shape index (κ1) is 14.1. The summed E-state index contributed by atoms with van der Waals surface area (Å²) < 4.78 is 6.86. The Morgan fingerprint density at radius 3 is 2.16 bits per heavy atom. The fourth-order valence-corrected chi connectivity index (χ4v) is 2.79. The molecule has 0 aliphatic rings. The molecule has 3 heteroatoms. The lowest BCUT2D eigenvalue weighted by molar-refractivity contribution is 0.481. The van der Waals surface area contributed by atoms with E-state index in [2.05, 4.69) is 35.8 Å². The number of nitrogens with two attached hydrogens (primary N) is 1. The number of rotatable bonds is 3. The van der Waals surface area contributed by atoms with Gasteiger partial charge in [0.05, 0.1) is 0 Å². The van der Waals surface area contributed by atoms with E-state index < -0.39 is 0 Å². The van der Waals surface area contributed by atoms with Crippen LogP contribution in [0, 0.1) is 13.8 Å². The average molecular weight is 320 g/mol. The molecule has 0 spiro atoms. The Hall–Kier alpha value is -1.32. The second-order valence-corrected chi connectivity index (χ2v) is 5.75. The molecule has 0 saturated carbocycles. The normalized spacial score (nSPS) is 12.3. The molecule has 2 N–H and O–H groups in total. The van der Waals surface area contributed by atoms with Gasteiger partial charge in [-0.3, -0.25) is 0 Å². The van der Waals surface area contributed by atoms with E-state index in [0.717, 1.165) is 21.5 Å². The third-order valence-corrected chi connectivity index (χ3v) is 3.58. The molecule has 100 valence electrons. The number of halogens is 1. The van der Waals surface area contributed by atoms with Gasteiger partial charge in [0.15, 0.2) is 0 Å². The number of aryl methyl sites for hydroxylation is 2. The molecule has 2 aromatic rings. The average Bonchev–Trinajstić information content (AvgIpc) is 2.26. The number of hydrogen-bond donors (Lipinski definition) is 1. The molecule has 0 saturated heterocycles. The minimum Gasteiger partial charge on any atom is -0.457 e. The quantitative estimate of drug-likeness (QED) is 0.875. The molecule has 0 bridgehead atoms. The molecule has 0 aliphatic heterocycles. The zero-order valence-corrected chi connectivity index (χ0v) is 13.0. The van der Waals surface area contributed by atoms with E-state index in [1.54, 1.807) is 0 Å². The molecule has 0 fully saturated rings. The van der Waals surface area contributed by atoms with Crippen LogP contribution in [0.5, 0.6) is 11.5 Å². The zero-order valence-electron chi connectivity index (χ0n) is 11.4.